The molecule has 0 unspecified atom stereocenters. The first-order valence-electron chi connectivity index (χ1n) is 7.20. The summed E-state index contributed by atoms with van der Waals surface area (Å²) < 4.78 is 0. The molecule has 1 aliphatic heterocycles. The molecule has 0 aromatic heterocycles. The number of urea groups is 1. The summed E-state index contributed by atoms with van der Waals surface area (Å²) in [6.45, 7) is 4.42. The summed E-state index contributed by atoms with van der Waals surface area (Å²) >= 11 is 6.05. The summed E-state index contributed by atoms with van der Waals surface area (Å²) in [5, 5.41) is 14.5. The van der Waals surface area contributed by atoms with Crippen LogP contribution >= 0.6 is 11.6 Å². The van der Waals surface area contributed by atoms with Crippen LogP contribution in [0.15, 0.2) is 18.2 Å². The van der Waals surface area contributed by atoms with Crippen molar-refractivity contribution in [1.82, 2.24) is 10.6 Å². The normalized spacial score (nSPS) is 15.5. The highest BCUT2D eigenvalue weighted by atomic mass is 35.5. The maximum Gasteiger partial charge on any atom is 0.326 e. The van der Waals surface area contributed by atoms with Crippen molar-refractivity contribution in [2.45, 2.75) is 19.9 Å². The van der Waals surface area contributed by atoms with Crippen molar-refractivity contribution in [3.8, 4) is 0 Å². The van der Waals surface area contributed by atoms with Crippen LogP contribution < -0.4 is 15.5 Å². The van der Waals surface area contributed by atoms with Gasteiger partial charge in [-0.05, 0) is 24.1 Å². The van der Waals surface area contributed by atoms with Gasteiger partial charge < -0.3 is 15.7 Å². The Hall–Kier alpha value is -2.28. The number of rotatable bonds is 5. The smallest absolute Gasteiger partial charge is 0.326 e. The van der Waals surface area contributed by atoms with E-state index < -0.39 is 17.9 Å². The van der Waals surface area contributed by atoms with Crippen molar-refractivity contribution in [1.29, 1.82) is 0 Å². The van der Waals surface area contributed by atoms with Crippen LogP contribution in [0.3, 0.4) is 0 Å². The second-order valence-electron chi connectivity index (χ2n) is 5.58. The number of amides is 3. The Morgan fingerprint density at radius 3 is 2.61 bits per heavy atom. The number of nitrogens with one attached hydrogen (secondary N) is 2. The van der Waals surface area contributed by atoms with Gasteiger partial charge >= 0.3 is 12.0 Å². The fourth-order valence-corrected chi connectivity index (χ4v) is 2.51. The van der Waals surface area contributed by atoms with E-state index in [0.717, 1.165) is 0 Å². The Morgan fingerprint density at radius 2 is 2.09 bits per heavy atom. The highest BCUT2D eigenvalue weighted by Crippen LogP contribution is 2.24. The van der Waals surface area contributed by atoms with Crippen molar-refractivity contribution in [3.05, 3.63) is 28.8 Å². The molecule has 1 atom stereocenters. The first-order chi connectivity index (χ1) is 10.8. The Kier molecular flexibility index (Phi) is 5.10. The van der Waals surface area contributed by atoms with E-state index in [1.54, 1.807) is 19.9 Å². The van der Waals surface area contributed by atoms with Gasteiger partial charge in [-0.2, -0.15) is 0 Å². The number of benzene rings is 1. The lowest BCUT2D eigenvalue weighted by atomic mass is 10.0. The fraction of sp³-hybridized carbons (Fsp3) is 0.400. The minimum Gasteiger partial charge on any atom is -0.480 e. The largest absolute Gasteiger partial charge is 0.480 e. The lowest BCUT2D eigenvalue weighted by Crippen LogP contribution is -2.44. The zero-order chi connectivity index (χ0) is 17.1. The maximum atomic E-state index is 12.4. The molecule has 0 bridgehead atoms. The molecule has 0 radical (unpaired) electrons. The number of aliphatic carboxylic acids is 1. The highest BCUT2D eigenvalue weighted by molar-refractivity contribution is 6.34. The van der Waals surface area contributed by atoms with E-state index in [-0.39, 0.29) is 22.5 Å². The summed E-state index contributed by atoms with van der Waals surface area (Å²) in [6.07, 6.45) is 0. The number of hydrogen-bond acceptors (Lipinski definition) is 3. The van der Waals surface area contributed by atoms with Gasteiger partial charge in [0.25, 0.3) is 5.91 Å². The number of carboxylic acid groups (broad SMARTS) is 1. The molecule has 1 aromatic carbocycles. The predicted molar refractivity (Wildman–Crippen MR) is 85.9 cm³/mol. The molecular weight excluding hydrogens is 322 g/mol. The number of halogens is 1. The van der Waals surface area contributed by atoms with Gasteiger partial charge in [-0.15, -0.1) is 0 Å². The van der Waals surface area contributed by atoms with Crippen molar-refractivity contribution in [2.75, 3.05) is 18.0 Å². The maximum absolute atomic E-state index is 12.4. The molecule has 1 aliphatic rings. The molecule has 0 spiro atoms. The summed E-state index contributed by atoms with van der Waals surface area (Å²) in [7, 11) is 0. The average Bonchev–Trinajstić information content (AvgIpc) is 2.90. The Morgan fingerprint density at radius 1 is 1.39 bits per heavy atom. The topological polar surface area (TPSA) is 98.7 Å². The minimum atomic E-state index is -1.11. The van der Waals surface area contributed by atoms with Crippen molar-refractivity contribution in [2.24, 2.45) is 5.92 Å². The van der Waals surface area contributed by atoms with E-state index in [1.807, 2.05) is 0 Å². The second-order valence-corrected chi connectivity index (χ2v) is 5.99. The van der Waals surface area contributed by atoms with Gasteiger partial charge in [-0.1, -0.05) is 25.4 Å². The van der Waals surface area contributed by atoms with Crippen LogP contribution in [0.5, 0.6) is 0 Å². The van der Waals surface area contributed by atoms with Gasteiger partial charge in [0.15, 0.2) is 0 Å². The first-order valence-corrected chi connectivity index (χ1v) is 7.57. The van der Waals surface area contributed by atoms with Crippen molar-refractivity contribution >= 4 is 35.2 Å². The number of carbonyl (C=O) groups is 3. The van der Waals surface area contributed by atoms with E-state index >= 15 is 0 Å². The van der Waals surface area contributed by atoms with Crippen LogP contribution in [0.25, 0.3) is 0 Å². The summed E-state index contributed by atoms with van der Waals surface area (Å²) in [4.78, 5) is 36.7. The third kappa shape index (κ3) is 3.73. The summed E-state index contributed by atoms with van der Waals surface area (Å²) in [5.41, 5.74) is 0.668. The predicted octanol–water partition coefficient (Wildman–Crippen LogP) is 1.71. The SMILES string of the molecule is CC(C)[C@H](NC(=O)c1cc(N2CCNC2=O)ccc1Cl)C(=O)O. The third-order valence-corrected chi connectivity index (χ3v) is 3.91. The Labute approximate surface area is 138 Å². The zero-order valence-electron chi connectivity index (χ0n) is 12.8. The molecule has 23 heavy (non-hydrogen) atoms. The van der Waals surface area contributed by atoms with E-state index in [2.05, 4.69) is 10.6 Å². The number of nitrogens with zero attached hydrogens (tertiary/aromatic N) is 1. The second kappa shape index (κ2) is 6.87. The van der Waals surface area contributed by atoms with Crippen LogP contribution in [-0.2, 0) is 4.79 Å². The molecular formula is C15H18ClN3O4. The third-order valence-electron chi connectivity index (χ3n) is 3.58. The summed E-state index contributed by atoms with van der Waals surface area (Å²) in [6, 6.07) is 3.38. The molecule has 1 heterocycles. The molecule has 3 amide bonds. The van der Waals surface area contributed by atoms with Crippen LogP contribution in [0.4, 0.5) is 10.5 Å². The van der Waals surface area contributed by atoms with Crippen molar-refractivity contribution < 1.29 is 19.5 Å². The standard InChI is InChI=1S/C15H18ClN3O4/c1-8(2)12(14(21)22)18-13(20)10-7-9(3-4-11(10)16)19-6-5-17-15(19)23/h3-4,7-8,12H,5-6H2,1-2H3,(H,17,23)(H,18,20)(H,21,22)/t12-/m0/s1. The van der Waals surface area contributed by atoms with Crippen LogP contribution in [-0.4, -0.2) is 42.1 Å². The van der Waals surface area contributed by atoms with Crippen molar-refractivity contribution in [3.63, 3.8) is 0 Å². The average molecular weight is 340 g/mol. The molecule has 1 fully saturated rings. The number of hydrogen-bond donors (Lipinski definition) is 3. The Balaban J connectivity index is 2.26. The molecule has 1 aromatic rings. The van der Waals surface area contributed by atoms with Crippen LogP contribution in [0.1, 0.15) is 24.2 Å². The first kappa shape index (κ1) is 17.1. The lowest BCUT2D eigenvalue weighted by Gasteiger charge is -2.19. The lowest BCUT2D eigenvalue weighted by molar-refractivity contribution is -0.140. The van der Waals surface area contributed by atoms with E-state index in [9.17, 15) is 14.4 Å². The molecule has 3 N–H and O–H groups in total. The number of anilines is 1. The minimum absolute atomic E-state index is 0.135. The van der Waals surface area contributed by atoms with Gasteiger partial charge in [-0.3, -0.25) is 9.69 Å². The molecule has 124 valence electrons. The van der Waals surface area contributed by atoms with Gasteiger partial charge in [0.1, 0.15) is 6.04 Å². The molecule has 8 heteroatoms. The molecule has 1 saturated heterocycles. The van der Waals surface area contributed by atoms with Crippen LogP contribution in [0, 0.1) is 5.92 Å². The fourth-order valence-electron chi connectivity index (χ4n) is 2.31. The van der Waals surface area contributed by atoms with Crippen LogP contribution in [0.2, 0.25) is 5.02 Å². The summed E-state index contributed by atoms with van der Waals surface area (Å²) in [5.74, 6) is -1.97. The quantitative estimate of drug-likeness (QED) is 0.760. The van der Waals surface area contributed by atoms with Gasteiger partial charge in [0, 0.05) is 18.8 Å². The van der Waals surface area contributed by atoms with Gasteiger partial charge in [0.05, 0.1) is 10.6 Å². The molecule has 2 rings (SSSR count). The molecule has 0 aliphatic carbocycles. The molecule has 0 saturated carbocycles. The monoisotopic (exact) mass is 339 g/mol. The highest BCUT2D eigenvalue weighted by Gasteiger charge is 2.26. The van der Waals surface area contributed by atoms with E-state index in [1.165, 1.54) is 17.0 Å². The molecule has 7 nitrogen and oxygen atoms in total. The number of carboxylic acids is 1. The number of carbonyl (C=O) groups excluding carboxylic acids is 2. The van der Waals surface area contributed by atoms with E-state index in [0.29, 0.717) is 18.8 Å². The van der Waals surface area contributed by atoms with E-state index in [4.69, 9.17) is 16.7 Å². The zero-order valence-corrected chi connectivity index (χ0v) is 13.6. The van der Waals surface area contributed by atoms with Gasteiger partial charge in [0.2, 0.25) is 0 Å². The Bertz CT molecular complexity index is 648. The van der Waals surface area contributed by atoms with Gasteiger partial charge in [-0.25, -0.2) is 9.59 Å².